The Labute approximate surface area is 157 Å². The van der Waals surface area contributed by atoms with Crippen LogP contribution >= 0.6 is 0 Å². The lowest BCUT2D eigenvalue weighted by Gasteiger charge is -2.14. The Morgan fingerprint density at radius 1 is 1.00 bits per heavy atom. The second kappa shape index (κ2) is 7.07. The van der Waals surface area contributed by atoms with Gasteiger partial charge in [0.15, 0.2) is 5.82 Å². The van der Waals surface area contributed by atoms with Crippen LogP contribution in [0.1, 0.15) is 18.2 Å². The maximum absolute atomic E-state index is 5.24. The van der Waals surface area contributed by atoms with Crippen molar-refractivity contribution in [3.8, 4) is 17.1 Å². The average Bonchev–Trinajstić information content (AvgIpc) is 3.13. The summed E-state index contributed by atoms with van der Waals surface area (Å²) in [5.74, 6) is 2.95. The van der Waals surface area contributed by atoms with Crippen molar-refractivity contribution in [1.29, 1.82) is 0 Å². The van der Waals surface area contributed by atoms with E-state index >= 15 is 0 Å². The second-order valence-corrected chi connectivity index (χ2v) is 6.24. The summed E-state index contributed by atoms with van der Waals surface area (Å²) in [6.07, 6.45) is 0.841. The van der Waals surface area contributed by atoms with Gasteiger partial charge in [-0.15, -0.1) is 5.10 Å². The summed E-state index contributed by atoms with van der Waals surface area (Å²) < 4.78 is 7.03. The summed E-state index contributed by atoms with van der Waals surface area (Å²) >= 11 is 0. The highest BCUT2D eigenvalue weighted by Gasteiger charge is 2.16. The van der Waals surface area contributed by atoms with E-state index in [-0.39, 0.29) is 0 Å². The fourth-order valence-corrected chi connectivity index (χ4v) is 3.12. The average molecular weight is 359 g/mol. The molecule has 0 saturated heterocycles. The van der Waals surface area contributed by atoms with Gasteiger partial charge in [0.1, 0.15) is 11.6 Å². The minimum atomic E-state index is 0.583. The fraction of sp³-hybridized carbons (Fsp3) is 0.190. The monoisotopic (exact) mass is 359 g/mol. The first kappa shape index (κ1) is 17.0. The zero-order chi connectivity index (χ0) is 18.8. The number of nitrogens with zero attached hydrogens (tertiary/aromatic N) is 4. The molecular formula is C21H21N5O. The lowest BCUT2D eigenvalue weighted by atomic mass is 10.1. The molecule has 0 unspecified atom stereocenters. The van der Waals surface area contributed by atoms with E-state index in [0.29, 0.717) is 11.6 Å². The van der Waals surface area contributed by atoms with E-state index in [0.717, 1.165) is 40.5 Å². The van der Waals surface area contributed by atoms with Crippen molar-refractivity contribution >= 4 is 17.3 Å². The molecular weight excluding hydrogens is 338 g/mol. The second-order valence-electron chi connectivity index (χ2n) is 6.24. The number of hydrogen-bond donors (Lipinski definition) is 1. The molecule has 4 aromatic rings. The summed E-state index contributed by atoms with van der Waals surface area (Å²) in [6.45, 7) is 4.12. The van der Waals surface area contributed by atoms with Gasteiger partial charge in [-0.3, -0.25) is 0 Å². The summed E-state index contributed by atoms with van der Waals surface area (Å²) in [5.41, 5.74) is 3.99. The Bertz CT molecular complexity index is 1070. The van der Waals surface area contributed by atoms with Gasteiger partial charge in [-0.25, -0.2) is 4.98 Å². The third-order valence-electron chi connectivity index (χ3n) is 4.53. The van der Waals surface area contributed by atoms with E-state index in [1.54, 1.807) is 11.6 Å². The number of fused-ring (bicyclic) bond motifs is 1. The quantitative estimate of drug-likeness (QED) is 0.572. The Balaban J connectivity index is 1.84. The van der Waals surface area contributed by atoms with Gasteiger partial charge in [0.25, 0.3) is 5.78 Å². The maximum Gasteiger partial charge on any atom is 0.254 e. The topological polar surface area (TPSA) is 64.3 Å². The van der Waals surface area contributed by atoms with Crippen LogP contribution in [0, 0.1) is 6.92 Å². The van der Waals surface area contributed by atoms with Crippen LogP contribution in [-0.2, 0) is 6.42 Å². The van der Waals surface area contributed by atoms with Crippen LogP contribution in [0.25, 0.3) is 17.2 Å². The zero-order valence-corrected chi connectivity index (χ0v) is 15.6. The molecule has 0 radical (unpaired) electrons. The normalized spacial score (nSPS) is 10.9. The molecule has 6 nitrogen and oxygen atoms in total. The molecule has 27 heavy (non-hydrogen) atoms. The molecule has 0 saturated carbocycles. The van der Waals surface area contributed by atoms with Crippen molar-refractivity contribution in [2.24, 2.45) is 0 Å². The summed E-state index contributed by atoms with van der Waals surface area (Å²) in [6, 6.07) is 17.8. The lowest BCUT2D eigenvalue weighted by Crippen LogP contribution is -2.08. The molecule has 0 atom stereocenters. The third-order valence-corrected chi connectivity index (χ3v) is 4.53. The molecule has 6 heteroatoms. The van der Waals surface area contributed by atoms with Gasteiger partial charge >= 0.3 is 0 Å². The van der Waals surface area contributed by atoms with Gasteiger partial charge in [0.2, 0.25) is 0 Å². The van der Waals surface area contributed by atoms with Crippen molar-refractivity contribution in [3.05, 3.63) is 65.9 Å². The highest BCUT2D eigenvalue weighted by Crippen LogP contribution is 2.27. The first-order chi connectivity index (χ1) is 13.2. The van der Waals surface area contributed by atoms with Gasteiger partial charge in [0.05, 0.1) is 7.11 Å². The number of aromatic nitrogens is 4. The molecule has 2 aromatic heterocycles. The van der Waals surface area contributed by atoms with Gasteiger partial charge in [-0.1, -0.05) is 37.3 Å². The van der Waals surface area contributed by atoms with E-state index < -0.39 is 0 Å². The molecule has 2 heterocycles. The molecule has 0 aliphatic rings. The molecule has 0 spiro atoms. The molecule has 0 aliphatic heterocycles. The number of anilines is 2. The van der Waals surface area contributed by atoms with Crippen molar-refractivity contribution < 1.29 is 4.74 Å². The van der Waals surface area contributed by atoms with Crippen molar-refractivity contribution in [2.45, 2.75) is 20.3 Å². The van der Waals surface area contributed by atoms with E-state index in [4.69, 9.17) is 9.84 Å². The van der Waals surface area contributed by atoms with Gasteiger partial charge in [-0.05, 0) is 37.6 Å². The molecule has 2 aromatic carbocycles. The van der Waals surface area contributed by atoms with Crippen LogP contribution in [0.4, 0.5) is 11.5 Å². The van der Waals surface area contributed by atoms with Crippen LogP contribution in [0.5, 0.6) is 5.75 Å². The van der Waals surface area contributed by atoms with Gasteiger partial charge in [0, 0.05) is 22.5 Å². The zero-order valence-electron chi connectivity index (χ0n) is 15.6. The molecule has 0 amide bonds. The largest absolute Gasteiger partial charge is 0.497 e. The summed E-state index contributed by atoms with van der Waals surface area (Å²) in [7, 11) is 1.66. The number of rotatable bonds is 5. The fourth-order valence-electron chi connectivity index (χ4n) is 3.12. The Morgan fingerprint density at radius 3 is 2.41 bits per heavy atom. The first-order valence-corrected chi connectivity index (χ1v) is 8.92. The van der Waals surface area contributed by atoms with Crippen LogP contribution in [-0.4, -0.2) is 26.7 Å². The molecule has 0 aliphatic carbocycles. The van der Waals surface area contributed by atoms with Crippen LogP contribution < -0.4 is 10.1 Å². The third kappa shape index (κ3) is 3.21. The van der Waals surface area contributed by atoms with Gasteiger partial charge < -0.3 is 10.1 Å². The van der Waals surface area contributed by atoms with E-state index in [1.165, 1.54) is 0 Å². The molecule has 4 rings (SSSR count). The van der Waals surface area contributed by atoms with Crippen molar-refractivity contribution in [1.82, 2.24) is 19.6 Å². The maximum atomic E-state index is 5.24. The highest BCUT2D eigenvalue weighted by molar-refractivity contribution is 5.65. The lowest BCUT2D eigenvalue weighted by molar-refractivity contribution is 0.415. The summed E-state index contributed by atoms with van der Waals surface area (Å²) in [4.78, 5) is 9.28. The Morgan fingerprint density at radius 2 is 1.74 bits per heavy atom. The first-order valence-electron chi connectivity index (χ1n) is 8.92. The van der Waals surface area contributed by atoms with Crippen LogP contribution in [0.3, 0.4) is 0 Å². The van der Waals surface area contributed by atoms with E-state index in [1.807, 2.05) is 61.5 Å². The van der Waals surface area contributed by atoms with Crippen LogP contribution in [0.15, 0.2) is 54.6 Å². The van der Waals surface area contributed by atoms with Crippen molar-refractivity contribution in [2.75, 3.05) is 12.4 Å². The molecule has 136 valence electrons. The van der Waals surface area contributed by atoms with E-state index in [9.17, 15) is 0 Å². The molecule has 0 bridgehead atoms. The predicted octanol–water partition coefficient (Wildman–Crippen LogP) is 4.41. The molecule has 1 N–H and O–H groups in total. The standard InChI is InChI=1S/C21H21N5O/c1-4-18-14(2)22-21-24-19(15-8-6-5-7-9-15)25-26(21)20(18)23-16-10-12-17(27-3)13-11-16/h5-13,23H,4H2,1-3H3. The Hall–Kier alpha value is -3.41. The van der Waals surface area contributed by atoms with Gasteiger partial charge in [-0.2, -0.15) is 9.50 Å². The smallest absolute Gasteiger partial charge is 0.254 e. The number of nitrogens with one attached hydrogen (secondary N) is 1. The number of hydrogen-bond acceptors (Lipinski definition) is 5. The predicted molar refractivity (Wildman–Crippen MR) is 107 cm³/mol. The number of benzene rings is 2. The number of aryl methyl sites for hydroxylation is 1. The highest BCUT2D eigenvalue weighted by atomic mass is 16.5. The Kier molecular flexibility index (Phi) is 4.46. The molecule has 0 fully saturated rings. The number of ether oxygens (including phenoxy) is 1. The number of methoxy groups -OCH3 is 1. The van der Waals surface area contributed by atoms with E-state index in [2.05, 4.69) is 22.2 Å². The van der Waals surface area contributed by atoms with Crippen molar-refractivity contribution in [3.63, 3.8) is 0 Å². The van der Waals surface area contributed by atoms with Crippen LogP contribution in [0.2, 0.25) is 0 Å². The minimum Gasteiger partial charge on any atom is -0.497 e. The summed E-state index contributed by atoms with van der Waals surface area (Å²) in [5, 5.41) is 8.21. The minimum absolute atomic E-state index is 0.583. The SMILES string of the molecule is CCc1c(C)nc2nc(-c3ccccc3)nn2c1Nc1ccc(OC)cc1.